The van der Waals surface area contributed by atoms with E-state index in [9.17, 15) is 14.4 Å². The number of morpholine rings is 1. The van der Waals surface area contributed by atoms with Crippen molar-refractivity contribution in [2.24, 2.45) is 28.9 Å². The standard InChI is InChI=1S/C21H32N2O6/c1-20(2,3)29-19(26)23-4-5-27-11-15(23)17(24)28-16-14-7-12-6-13(8-14)10-21(16,9-12)18(22)25/h12-16H,4-11H2,1-3H3,(H2,22,25). The Labute approximate surface area is 171 Å². The van der Waals surface area contributed by atoms with Gasteiger partial charge in [-0.05, 0) is 70.6 Å². The van der Waals surface area contributed by atoms with Crippen LogP contribution < -0.4 is 5.73 Å². The lowest BCUT2D eigenvalue weighted by Crippen LogP contribution is -2.63. The first-order valence-electron chi connectivity index (χ1n) is 10.7. The quantitative estimate of drug-likeness (QED) is 0.714. The molecule has 4 bridgehead atoms. The second-order valence-electron chi connectivity index (χ2n) is 10.2. The molecule has 5 fully saturated rings. The molecule has 0 aromatic carbocycles. The van der Waals surface area contributed by atoms with Crippen LogP contribution in [0.1, 0.15) is 52.9 Å². The molecule has 29 heavy (non-hydrogen) atoms. The predicted octanol–water partition coefficient (Wildman–Crippen LogP) is 1.85. The maximum Gasteiger partial charge on any atom is 0.411 e. The number of carbonyl (C=O) groups excluding carboxylic acids is 3. The van der Waals surface area contributed by atoms with Crippen LogP contribution in [-0.2, 0) is 23.8 Å². The molecule has 4 unspecified atom stereocenters. The number of primary amides is 1. The highest BCUT2D eigenvalue weighted by atomic mass is 16.6. The molecular formula is C21H32N2O6. The van der Waals surface area contributed by atoms with E-state index in [4.69, 9.17) is 19.9 Å². The number of ether oxygens (including phenoxy) is 3. The molecule has 5 aliphatic rings. The normalized spacial score (nSPS) is 38.6. The maximum atomic E-state index is 13.1. The SMILES string of the molecule is CC(C)(C)OC(=O)N1CCOCC1C(=O)OC1C2CC3CC(C2)CC1(C(N)=O)C3. The molecule has 2 N–H and O–H groups in total. The zero-order valence-electron chi connectivity index (χ0n) is 17.5. The Balaban J connectivity index is 1.51. The molecule has 5 rings (SSSR count). The number of rotatable bonds is 3. The minimum absolute atomic E-state index is 0.0598. The predicted molar refractivity (Wildman–Crippen MR) is 103 cm³/mol. The minimum Gasteiger partial charge on any atom is -0.459 e. The number of carbonyl (C=O) groups is 3. The van der Waals surface area contributed by atoms with Crippen molar-refractivity contribution in [3.05, 3.63) is 0 Å². The average Bonchev–Trinajstić information content (AvgIpc) is 2.62. The Morgan fingerprint density at radius 2 is 1.76 bits per heavy atom. The van der Waals surface area contributed by atoms with Crippen LogP contribution in [0.5, 0.6) is 0 Å². The Morgan fingerprint density at radius 3 is 2.34 bits per heavy atom. The fourth-order valence-electron chi connectivity index (χ4n) is 6.09. The summed E-state index contributed by atoms with van der Waals surface area (Å²) in [6, 6.07) is -0.874. The van der Waals surface area contributed by atoms with Gasteiger partial charge in [-0.3, -0.25) is 9.69 Å². The second-order valence-corrected chi connectivity index (χ2v) is 10.2. The fraction of sp³-hybridized carbons (Fsp3) is 0.857. The Bertz CT molecular complexity index is 688. The van der Waals surface area contributed by atoms with E-state index >= 15 is 0 Å². The maximum absolute atomic E-state index is 13.1. The summed E-state index contributed by atoms with van der Waals surface area (Å²) >= 11 is 0. The molecule has 1 saturated heterocycles. The van der Waals surface area contributed by atoms with E-state index in [0.717, 1.165) is 19.3 Å². The third kappa shape index (κ3) is 3.71. The Hall–Kier alpha value is -1.83. The van der Waals surface area contributed by atoms with Gasteiger partial charge < -0.3 is 19.9 Å². The highest BCUT2D eigenvalue weighted by molar-refractivity contribution is 5.85. The highest BCUT2D eigenvalue weighted by Gasteiger charge is 2.62. The van der Waals surface area contributed by atoms with Crippen LogP contribution >= 0.6 is 0 Å². The molecule has 162 valence electrons. The monoisotopic (exact) mass is 408 g/mol. The third-order valence-corrected chi connectivity index (χ3v) is 6.98. The first-order valence-corrected chi connectivity index (χ1v) is 10.7. The summed E-state index contributed by atoms with van der Waals surface area (Å²) in [5.74, 6) is 0.251. The van der Waals surface area contributed by atoms with Crippen molar-refractivity contribution < 1.29 is 28.6 Å². The van der Waals surface area contributed by atoms with Crippen LogP contribution in [-0.4, -0.2) is 60.4 Å². The number of nitrogens with zero attached hydrogens (tertiary/aromatic N) is 1. The van der Waals surface area contributed by atoms with Gasteiger partial charge in [0.05, 0.1) is 18.6 Å². The van der Waals surface area contributed by atoms with Crippen LogP contribution in [0.3, 0.4) is 0 Å². The summed E-state index contributed by atoms with van der Waals surface area (Å²) in [7, 11) is 0. The molecule has 0 aromatic rings. The van der Waals surface area contributed by atoms with Gasteiger partial charge in [-0.15, -0.1) is 0 Å². The van der Waals surface area contributed by atoms with Gasteiger partial charge in [0.15, 0.2) is 6.04 Å². The van der Waals surface area contributed by atoms with E-state index in [1.165, 1.54) is 4.90 Å². The second kappa shape index (κ2) is 7.15. The minimum atomic E-state index is -0.874. The third-order valence-electron chi connectivity index (χ3n) is 6.98. The summed E-state index contributed by atoms with van der Waals surface area (Å²) in [5.41, 5.74) is 4.41. The highest BCUT2D eigenvalue weighted by Crippen LogP contribution is 2.60. The zero-order valence-corrected chi connectivity index (χ0v) is 17.5. The van der Waals surface area contributed by atoms with Gasteiger partial charge in [-0.1, -0.05) is 0 Å². The summed E-state index contributed by atoms with van der Waals surface area (Å²) < 4.78 is 16.9. The van der Waals surface area contributed by atoms with E-state index in [-0.39, 0.29) is 25.0 Å². The molecule has 8 nitrogen and oxygen atoms in total. The molecule has 0 aromatic heterocycles. The van der Waals surface area contributed by atoms with E-state index < -0.39 is 35.2 Å². The lowest BCUT2D eigenvalue weighted by molar-refractivity contribution is -0.201. The Kier molecular flexibility index (Phi) is 5.04. The smallest absolute Gasteiger partial charge is 0.411 e. The molecule has 0 spiro atoms. The molecule has 4 atom stereocenters. The largest absolute Gasteiger partial charge is 0.459 e. The molecule has 1 heterocycles. The van der Waals surface area contributed by atoms with Gasteiger partial charge in [0.2, 0.25) is 5.91 Å². The van der Waals surface area contributed by atoms with Gasteiger partial charge in [-0.2, -0.15) is 0 Å². The van der Waals surface area contributed by atoms with Crippen molar-refractivity contribution in [1.29, 1.82) is 0 Å². The van der Waals surface area contributed by atoms with Gasteiger partial charge in [-0.25, -0.2) is 9.59 Å². The van der Waals surface area contributed by atoms with Crippen LogP contribution in [0.15, 0.2) is 0 Å². The van der Waals surface area contributed by atoms with Gasteiger partial charge >= 0.3 is 12.1 Å². The molecular weight excluding hydrogens is 376 g/mol. The van der Waals surface area contributed by atoms with Crippen molar-refractivity contribution in [3.8, 4) is 0 Å². The molecule has 8 heteroatoms. The zero-order chi connectivity index (χ0) is 21.0. The number of hydrogen-bond acceptors (Lipinski definition) is 6. The number of esters is 1. The topological polar surface area (TPSA) is 108 Å². The van der Waals surface area contributed by atoms with Crippen LogP contribution in [0.2, 0.25) is 0 Å². The number of nitrogens with two attached hydrogens (primary N) is 1. The van der Waals surface area contributed by atoms with Crippen LogP contribution in [0, 0.1) is 23.2 Å². The van der Waals surface area contributed by atoms with E-state index in [0.29, 0.717) is 31.3 Å². The molecule has 2 amide bonds. The van der Waals surface area contributed by atoms with Crippen molar-refractivity contribution >= 4 is 18.0 Å². The summed E-state index contributed by atoms with van der Waals surface area (Å²) in [6.45, 7) is 6.00. The summed E-state index contributed by atoms with van der Waals surface area (Å²) in [5, 5.41) is 0. The molecule has 4 aliphatic carbocycles. The van der Waals surface area contributed by atoms with E-state index in [1.54, 1.807) is 20.8 Å². The molecule has 4 saturated carbocycles. The van der Waals surface area contributed by atoms with Gasteiger partial charge in [0.1, 0.15) is 11.7 Å². The average molecular weight is 408 g/mol. The lowest BCUT2D eigenvalue weighted by Gasteiger charge is -2.58. The summed E-state index contributed by atoms with van der Waals surface area (Å²) in [4.78, 5) is 39.6. The van der Waals surface area contributed by atoms with Crippen molar-refractivity contribution in [3.63, 3.8) is 0 Å². The fourth-order valence-corrected chi connectivity index (χ4v) is 6.09. The van der Waals surface area contributed by atoms with Crippen molar-refractivity contribution in [1.82, 2.24) is 4.90 Å². The molecule has 1 aliphatic heterocycles. The van der Waals surface area contributed by atoms with Gasteiger partial charge in [0, 0.05) is 6.54 Å². The Morgan fingerprint density at radius 1 is 1.10 bits per heavy atom. The van der Waals surface area contributed by atoms with Crippen molar-refractivity contribution in [2.75, 3.05) is 19.8 Å². The van der Waals surface area contributed by atoms with Crippen LogP contribution in [0.4, 0.5) is 4.79 Å². The van der Waals surface area contributed by atoms with E-state index in [2.05, 4.69) is 0 Å². The van der Waals surface area contributed by atoms with Gasteiger partial charge in [0.25, 0.3) is 0 Å². The molecule has 0 radical (unpaired) electrons. The first kappa shape index (κ1) is 20.4. The first-order chi connectivity index (χ1) is 13.6. The van der Waals surface area contributed by atoms with Crippen LogP contribution in [0.25, 0.3) is 0 Å². The van der Waals surface area contributed by atoms with Crippen molar-refractivity contribution in [2.45, 2.75) is 70.6 Å². The van der Waals surface area contributed by atoms with E-state index in [1.807, 2.05) is 0 Å². The number of hydrogen-bond donors (Lipinski definition) is 1. The lowest BCUT2D eigenvalue weighted by atomic mass is 9.48. The summed E-state index contributed by atoms with van der Waals surface area (Å²) in [6.07, 6.45) is 3.42. The number of amides is 2.